The van der Waals surface area contributed by atoms with Crippen LogP contribution in [0, 0.1) is 18.8 Å². The standard InChI is InChI=1S/C12H12ClNO/c1-9-5-3-7-12(13)11(9)6-4-8-14-10(2)15/h3,5,7H,8H2,1-2H3,(H,14,15). The first-order valence-electron chi connectivity index (χ1n) is 4.59. The van der Waals surface area contributed by atoms with Crippen LogP contribution < -0.4 is 5.32 Å². The fourth-order valence-corrected chi connectivity index (χ4v) is 1.36. The first-order valence-corrected chi connectivity index (χ1v) is 4.97. The summed E-state index contributed by atoms with van der Waals surface area (Å²) in [5.41, 5.74) is 1.86. The Morgan fingerprint density at radius 1 is 1.53 bits per heavy atom. The Morgan fingerprint density at radius 3 is 2.87 bits per heavy atom. The van der Waals surface area contributed by atoms with Gasteiger partial charge >= 0.3 is 0 Å². The number of hydrogen-bond acceptors (Lipinski definition) is 1. The molecule has 1 N–H and O–H groups in total. The molecule has 0 aromatic heterocycles. The molecule has 0 aliphatic carbocycles. The molecule has 15 heavy (non-hydrogen) atoms. The van der Waals surface area contributed by atoms with E-state index in [9.17, 15) is 4.79 Å². The monoisotopic (exact) mass is 221 g/mol. The molecule has 0 aliphatic heterocycles. The molecule has 1 aromatic carbocycles. The highest BCUT2D eigenvalue weighted by Crippen LogP contribution is 2.17. The minimum absolute atomic E-state index is 0.0832. The van der Waals surface area contributed by atoms with Crippen LogP contribution >= 0.6 is 11.6 Å². The Bertz CT molecular complexity index is 409. The van der Waals surface area contributed by atoms with Crippen molar-refractivity contribution in [2.24, 2.45) is 0 Å². The summed E-state index contributed by atoms with van der Waals surface area (Å²) in [6.07, 6.45) is 0. The van der Waals surface area contributed by atoms with Crippen molar-refractivity contribution in [3.05, 3.63) is 34.3 Å². The lowest BCUT2D eigenvalue weighted by molar-refractivity contribution is -0.118. The summed E-state index contributed by atoms with van der Waals surface area (Å²) in [5.74, 6) is 5.71. The number of aryl methyl sites for hydroxylation is 1. The van der Waals surface area contributed by atoms with Crippen molar-refractivity contribution in [2.75, 3.05) is 6.54 Å². The van der Waals surface area contributed by atoms with E-state index in [1.54, 1.807) is 6.07 Å². The van der Waals surface area contributed by atoms with Gasteiger partial charge in [0.1, 0.15) is 0 Å². The molecular formula is C12H12ClNO. The smallest absolute Gasteiger partial charge is 0.217 e. The average molecular weight is 222 g/mol. The molecule has 0 bridgehead atoms. The van der Waals surface area contributed by atoms with Crippen molar-refractivity contribution in [3.63, 3.8) is 0 Å². The minimum atomic E-state index is -0.0832. The predicted octanol–water partition coefficient (Wildman–Crippen LogP) is 2.14. The maximum absolute atomic E-state index is 10.6. The lowest BCUT2D eigenvalue weighted by Crippen LogP contribution is -2.19. The van der Waals surface area contributed by atoms with Crippen LogP contribution in [-0.4, -0.2) is 12.5 Å². The maximum atomic E-state index is 10.6. The van der Waals surface area contributed by atoms with E-state index in [0.29, 0.717) is 11.6 Å². The number of carbonyl (C=O) groups is 1. The lowest BCUT2D eigenvalue weighted by atomic mass is 10.1. The summed E-state index contributed by atoms with van der Waals surface area (Å²) < 4.78 is 0. The van der Waals surface area contributed by atoms with Crippen LogP contribution in [0.4, 0.5) is 0 Å². The van der Waals surface area contributed by atoms with Gasteiger partial charge in [0.05, 0.1) is 11.6 Å². The SMILES string of the molecule is CC(=O)NCC#Cc1c(C)cccc1Cl. The third-order valence-corrected chi connectivity index (χ3v) is 2.18. The molecule has 0 saturated carbocycles. The summed E-state index contributed by atoms with van der Waals surface area (Å²) in [7, 11) is 0. The molecule has 0 fully saturated rings. The second-order valence-corrected chi connectivity index (χ2v) is 3.55. The minimum Gasteiger partial charge on any atom is -0.345 e. The Hall–Kier alpha value is -1.46. The van der Waals surface area contributed by atoms with Gasteiger partial charge in [-0.1, -0.05) is 35.6 Å². The van der Waals surface area contributed by atoms with Gasteiger partial charge in [-0.2, -0.15) is 0 Å². The second-order valence-electron chi connectivity index (χ2n) is 3.14. The molecule has 0 aliphatic rings. The third kappa shape index (κ3) is 3.65. The number of hydrogen-bond donors (Lipinski definition) is 1. The molecule has 78 valence electrons. The van der Waals surface area contributed by atoms with Gasteiger partial charge in [0, 0.05) is 12.5 Å². The Balaban J connectivity index is 2.75. The zero-order valence-corrected chi connectivity index (χ0v) is 9.48. The summed E-state index contributed by atoms with van der Waals surface area (Å²) in [6.45, 7) is 3.76. The van der Waals surface area contributed by atoms with Crippen LogP contribution in [0.3, 0.4) is 0 Å². The van der Waals surface area contributed by atoms with E-state index in [1.165, 1.54) is 6.92 Å². The molecule has 3 heteroatoms. The van der Waals surface area contributed by atoms with Gasteiger partial charge in [-0.3, -0.25) is 4.79 Å². The first-order chi connectivity index (χ1) is 7.11. The number of nitrogens with one attached hydrogen (secondary N) is 1. The van der Waals surface area contributed by atoms with E-state index < -0.39 is 0 Å². The third-order valence-electron chi connectivity index (χ3n) is 1.86. The van der Waals surface area contributed by atoms with Gasteiger partial charge in [-0.25, -0.2) is 0 Å². The van der Waals surface area contributed by atoms with E-state index in [-0.39, 0.29) is 5.91 Å². The highest BCUT2D eigenvalue weighted by molar-refractivity contribution is 6.31. The van der Waals surface area contributed by atoms with E-state index in [1.807, 2.05) is 19.1 Å². The number of rotatable bonds is 1. The number of carbonyl (C=O) groups excluding carboxylic acids is 1. The van der Waals surface area contributed by atoms with Crippen molar-refractivity contribution in [1.29, 1.82) is 0 Å². The topological polar surface area (TPSA) is 29.1 Å². The van der Waals surface area contributed by atoms with Crippen LogP contribution in [0.5, 0.6) is 0 Å². The molecular weight excluding hydrogens is 210 g/mol. The highest BCUT2D eigenvalue weighted by atomic mass is 35.5. The van der Waals surface area contributed by atoms with Gasteiger partial charge in [-0.05, 0) is 18.6 Å². The van der Waals surface area contributed by atoms with Crippen LogP contribution in [0.15, 0.2) is 18.2 Å². The van der Waals surface area contributed by atoms with Crippen molar-refractivity contribution in [3.8, 4) is 11.8 Å². The van der Waals surface area contributed by atoms with E-state index in [0.717, 1.165) is 11.1 Å². The lowest BCUT2D eigenvalue weighted by Gasteiger charge is -1.99. The Labute approximate surface area is 94.6 Å². The van der Waals surface area contributed by atoms with Gasteiger partial charge < -0.3 is 5.32 Å². The fraction of sp³-hybridized carbons (Fsp3) is 0.250. The van der Waals surface area contributed by atoms with Gasteiger partial charge in [0.2, 0.25) is 5.91 Å². The molecule has 1 amide bonds. The number of halogens is 1. The molecule has 2 nitrogen and oxygen atoms in total. The van der Waals surface area contributed by atoms with E-state index in [4.69, 9.17) is 11.6 Å². The summed E-state index contributed by atoms with van der Waals surface area (Å²) in [6, 6.07) is 5.64. The van der Waals surface area contributed by atoms with Crippen LogP contribution in [-0.2, 0) is 4.79 Å². The summed E-state index contributed by atoms with van der Waals surface area (Å²) in [4.78, 5) is 10.6. The zero-order chi connectivity index (χ0) is 11.3. The van der Waals surface area contributed by atoms with Crippen LogP contribution in [0.25, 0.3) is 0 Å². The highest BCUT2D eigenvalue weighted by Gasteiger charge is 1.98. The normalized spacial score (nSPS) is 9.00. The predicted molar refractivity (Wildman–Crippen MR) is 61.8 cm³/mol. The molecule has 0 unspecified atom stereocenters. The zero-order valence-electron chi connectivity index (χ0n) is 8.73. The molecule has 1 rings (SSSR count). The molecule has 0 radical (unpaired) electrons. The van der Waals surface area contributed by atoms with Crippen molar-refractivity contribution in [1.82, 2.24) is 5.32 Å². The first kappa shape index (κ1) is 11.6. The van der Waals surface area contributed by atoms with Crippen molar-refractivity contribution < 1.29 is 4.79 Å². The average Bonchev–Trinajstić information content (AvgIpc) is 2.15. The summed E-state index contributed by atoms with van der Waals surface area (Å²) in [5, 5.41) is 3.24. The molecule has 0 heterocycles. The Morgan fingerprint density at radius 2 is 2.27 bits per heavy atom. The largest absolute Gasteiger partial charge is 0.345 e. The summed E-state index contributed by atoms with van der Waals surface area (Å²) >= 11 is 5.98. The van der Waals surface area contributed by atoms with Crippen molar-refractivity contribution >= 4 is 17.5 Å². The van der Waals surface area contributed by atoms with E-state index >= 15 is 0 Å². The molecule has 0 saturated heterocycles. The second kappa shape index (κ2) is 5.43. The number of amides is 1. The van der Waals surface area contributed by atoms with Crippen LogP contribution in [0.1, 0.15) is 18.1 Å². The Kier molecular flexibility index (Phi) is 4.20. The molecule has 0 spiro atoms. The van der Waals surface area contributed by atoms with E-state index in [2.05, 4.69) is 17.2 Å². The fourth-order valence-electron chi connectivity index (χ4n) is 1.09. The van der Waals surface area contributed by atoms with Crippen molar-refractivity contribution in [2.45, 2.75) is 13.8 Å². The molecule has 0 atom stereocenters. The van der Waals surface area contributed by atoms with Gasteiger partial charge in [0.15, 0.2) is 0 Å². The quantitative estimate of drug-likeness (QED) is 0.724. The number of benzene rings is 1. The maximum Gasteiger partial charge on any atom is 0.217 e. The van der Waals surface area contributed by atoms with Gasteiger partial charge in [-0.15, -0.1) is 0 Å². The van der Waals surface area contributed by atoms with Gasteiger partial charge in [0.25, 0.3) is 0 Å². The molecule has 1 aromatic rings. The van der Waals surface area contributed by atoms with Crippen LogP contribution in [0.2, 0.25) is 5.02 Å².